The first-order valence-corrected chi connectivity index (χ1v) is 5.26. The van der Waals surface area contributed by atoms with E-state index in [-0.39, 0.29) is 17.1 Å². The SMILES string of the molecule is NC(=S)SCCSC(N)=S.[Cu+2]. The Morgan fingerprint density at radius 2 is 1.27 bits per heavy atom. The van der Waals surface area contributed by atoms with Crippen molar-refractivity contribution in [1.82, 2.24) is 0 Å². The van der Waals surface area contributed by atoms with E-state index in [2.05, 4.69) is 24.4 Å². The molecule has 0 fully saturated rings. The summed E-state index contributed by atoms with van der Waals surface area (Å²) < 4.78 is 0.951. The van der Waals surface area contributed by atoms with Gasteiger partial charge >= 0.3 is 17.1 Å². The van der Waals surface area contributed by atoms with Crippen molar-refractivity contribution >= 4 is 56.6 Å². The second kappa shape index (κ2) is 9.09. The summed E-state index contributed by atoms with van der Waals surface area (Å²) in [7, 11) is 0. The molecule has 0 aromatic rings. The molecule has 67 valence electrons. The maximum absolute atomic E-state index is 5.23. The van der Waals surface area contributed by atoms with Gasteiger partial charge in [-0.15, -0.1) is 0 Å². The molecule has 0 saturated carbocycles. The minimum Gasteiger partial charge on any atom is -0.385 e. The normalized spacial score (nSPS) is 8.36. The van der Waals surface area contributed by atoms with Crippen LogP contribution in [0.2, 0.25) is 0 Å². The maximum Gasteiger partial charge on any atom is 2.00 e. The van der Waals surface area contributed by atoms with Crippen LogP contribution >= 0.6 is 48.0 Å². The largest absolute Gasteiger partial charge is 2.00 e. The molecule has 0 aliphatic heterocycles. The second-order valence-corrected chi connectivity index (χ2v) is 5.00. The summed E-state index contributed by atoms with van der Waals surface area (Å²) in [6, 6.07) is 0. The summed E-state index contributed by atoms with van der Waals surface area (Å²) in [4.78, 5) is 0. The topological polar surface area (TPSA) is 52.0 Å². The predicted octanol–water partition coefficient (Wildman–Crippen LogP) is 0.938. The van der Waals surface area contributed by atoms with Crippen LogP contribution in [-0.4, -0.2) is 20.1 Å². The summed E-state index contributed by atoms with van der Waals surface area (Å²) in [6.45, 7) is 0. The van der Waals surface area contributed by atoms with Crippen molar-refractivity contribution in [3.05, 3.63) is 0 Å². The van der Waals surface area contributed by atoms with Crippen LogP contribution in [0.15, 0.2) is 0 Å². The van der Waals surface area contributed by atoms with E-state index in [9.17, 15) is 0 Å². The number of thiocarbonyl (C=S) groups is 2. The van der Waals surface area contributed by atoms with Crippen LogP contribution in [-0.2, 0) is 17.1 Å². The number of hydrogen-bond donors (Lipinski definition) is 2. The molecule has 4 N–H and O–H groups in total. The Labute approximate surface area is 96.1 Å². The Morgan fingerprint density at radius 3 is 1.45 bits per heavy atom. The van der Waals surface area contributed by atoms with Crippen LogP contribution in [0.5, 0.6) is 0 Å². The molecule has 0 amide bonds. The van der Waals surface area contributed by atoms with Crippen LogP contribution in [0, 0.1) is 0 Å². The van der Waals surface area contributed by atoms with Crippen LogP contribution in [0.25, 0.3) is 0 Å². The van der Waals surface area contributed by atoms with Gasteiger partial charge in [0.05, 0.1) is 0 Å². The molecule has 0 aromatic heterocycles. The molecule has 0 aliphatic rings. The van der Waals surface area contributed by atoms with Gasteiger partial charge in [0.1, 0.15) is 8.64 Å². The van der Waals surface area contributed by atoms with Crippen molar-refractivity contribution < 1.29 is 17.1 Å². The second-order valence-electron chi connectivity index (χ2n) is 1.33. The molecule has 0 spiro atoms. The first-order chi connectivity index (χ1) is 4.63. The molecule has 0 aromatic carbocycles. The van der Waals surface area contributed by atoms with Gasteiger partial charge in [-0.2, -0.15) is 0 Å². The molecule has 7 heteroatoms. The van der Waals surface area contributed by atoms with E-state index in [1.807, 2.05) is 0 Å². The van der Waals surface area contributed by atoms with Gasteiger partial charge in [-0.1, -0.05) is 48.0 Å². The molecule has 2 nitrogen and oxygen atoms in total. The van der Waals surface area contributed by atoms with E-state index >= 15 is 0 Å². The van der Waals surface area contributed by atoms with Crippen LogP contribution < -0.4 is 11.5 Å². The van der Waals surface area contributed by atoms with Crippen molar-refractivity contribution in [3.8, 4) is 0 Å². The van der Waals surface area contributed by atoms with Crippen molar-refractivity contribution in [3.63, 3.8) is 0 Å². The van der Waals surface area contributed by atoms with Gasteiger partial charge in [-0.05, 0) is 0 Å². The number of thioether (sulfide) groups is 2. The summed E-state index contributed by atoms with van der Waals surface area (Å²) in [5, 5.41) is 0. The number of hydrogen-bond acceptors (Lipinski definition) is 4. The van der Waals surface area contributed by atoms with Crippen molar-refractivity contribution in [2.75, 3.05) is 11.5 Å². The Morgan fingerprint density at radius 1 is 1.00 bits per heavy atom. The van der Waals surface area contributed by atoms with Gasteiger partial charge in [0, 0.05) is 11.5 Å². The average molecular weight is 276 g/mol. The molecule has 0 unspecified atom stereocenters. The fourth-order valence-electron chi connectivity index (χ4n) is 0.285. The Kier molecular flexibility index (Phi) is 12.0. The average Bonchev–Trinajstić information content (AvgIpc) is 1.79. The zero-order chi connectivity index (χ0) is 7.98. The summed E-state index contributed by atoms with van der Waals surface area (Å²) >= 11 is 12.2. The third-order valence-electron chi connectivity index (χ3n) is 0.572. The van der Waals surface area contributed by atoms with Gasteiger partial charge < -0.3 is 11.5 Å². The minimum absolute atomic E-state index is 0. The molecule has 0 heterocycles. The van der Waals surface area contributed by atoms with Crippen LogP contribution in [0.3, 0.4) is 0 Å². The van der Waals surface area contributed by atoms with Gasteiger partial charge in [0.15, 0.2) is 0 Å². The fraction of sp³-hybridized carbons (Fsp3) is 0.500. The third-order valence-corrected chi connectivity index (χ3v) is 2.92. The van der Waals surface area contributed by atoms with Gasteiger partial charge in [-0.3, -0.25) is 0 Å². The van der Waals surface area contributed by atoms with Gasteiger partial charge in [-0.25, -0.2) is 0 Å². The Bertz CT molecular complexity index is 124. The summed E-state index contributed by atoms with van der Waals surface area (Å²) in [6.07, 6.45) is 0. The molecule has 0 atom stereocenters. The maximum atomic E-state index is 5.23. The Balaban J connectivity index is 0. The molecule has 0 saturated heterocycles. The van der Waals surface area contributed by atoms with E-state index in [4.69, 9.17) is 11.5 Å². The zero-order valence-corrected chi connectivity index (χ0v) is 9.71. The summed E-state index contributed by atoms with van der Waals surface area (Å²) in [5.41, 5.74) is 10.5. The van der Waals surface area contributed by atoms with Gasteiger partial charge in [0.2, 0.25) is 0 Å². The van der Waals surface area contributed by atoms with Crippen molar-refractivity contribution in [2.45, 2.75) is 0 Å². The molecular formula is C4H8CuN2S4+2. The quantitative estimate of drug-likeness (QED) is 0.454. The monoisotopic (exact) mass is 275 g/mol. The van der Waals surface area contributed by atoms with E-state index in [1.54, 1.807) is 0 Å². The van der Waals surface area contributed by atoms with Crippen LogP contribution in [0.1, 0.15) is 0 Å². The summed E-state index contributed by atoms with van der Waals surface area (Å²) in [5.74, 6) is 1.74. The molecule has 0 bridgehead atoms. The Hall–Kier alpha value is 0.999. The predicted molar refractivity (Wildman–Crippen MR) is 58.5 cm³/mol. The number of nitrogens with two attached hydrogens (primary N) is 2. The minimum atomic E-state index is 0. The number of rotatable bonds is 3. The molecule has 11 heavy (non-hydrogen) atoms. The van der Waals surface area contributed by atoms with E-state index < -0.39 is 0 Å². The molecule has 0 rings (SSSR count). The fourth-order valence-corrected chi connectivity index (χ4v) is 1.85. The standard InChI is InChI=1S/C4H8N2S4.Cu/c5-3(7)9-1-2-10-4(6)8;/h1-2H2,(H2,5,7)(H2,6,8);/q;+2. The van der Waals surface area contributed by atoms with Crippen LogP contribution in [0.4, 0.5) is 0 Å². The van der Waals surface area contributed by atoms with Gasteiger partial charge in [0.25, 0.3) is 0 Å². The smallest absolute Gasteiger partial charge is 0.385 e. The molecular weight excluding hydrogens is 268 g/mol. The third kappa shape index (κ3) is 13.9. The van der Waals surface area contributed by atoms with Crippen molar-refractivity contribution in [2.24, 2.45) is 11.5 Å². The molecule has 1 radical (unpaired) electrons. The van der Waals surface area contributed by atoms with Crippen molar-refractivity contribution in [1.29, 1.82) is 0 Å². The zero-order valence-electron chi connectivity index (χ0n) is 5.50. The first-order valence-electron chi connectivity index (χ1n) is 2.47. The van der Waals surface area contributed by atoms with E-state index in [0.717, 1.165) is 11.5 Å². The molecule has 0 aliphatic carbocycles. The first kappa shape index (κ1) is 14.5. The van der Waals surface area contributed by atoms with E-state index in [1.165, 1.54) is 23.5 Å². The van der Waals surface area contributed by atoms with E-state index in [0.29, 0.717) is 8.64 Å².